The molecule has 0 aliphatic rings. The van der Waals surface area contributed by atoms with Gasteiger partial charge >= 0.3 is 5.97 Å². The first-order chi connectivity index (χ1) is 11.0. The molecule has 0 saturated heterocycles. The van der Waals surface area contributed by atoms with Crippen molar-refractivity contribution in [1.82, 2.24) is 4.98 Å². The van der Waals surface area contributed by atoms with Crippen LogP contribution in [0.4, 0.5) is 0 Å². The van der Waals surface area contributed by atoms with Crippen LogP contribution < -0.4 is 0 Å². The third-order valence-electron chi connectivity index (χ3n) is 3.22. The number of methoxy groups -OCH3 is 1. The molecule has 0 spiro atoms. The van der Waals surface area contributed by atoms with E-state index in [1.54, 1.807) is 23.9 Å². The van der Waals surface area contributed by atoms with Gasteiger partial charge in [0.25, 0.3) is 0 Å². The maximum Gasteiger partial charge on any atom is 0.354 e. The third-order valence-corrected chi connectivity index (χ3v) is 6.10. The van der Waals surface area contributed by atoms with E-state index in [0.717, 1.165) is 25.2 Å². The summed E-state index contributed by atoms with van der Waals surface area (Å²) >= 11 is 17.1. The second-order valence-corrected chi connectivity index (χ2v) is 7.42. The number of ether oxygens (including phenoxy) is 1. The van der Waals surface area contributed by atoms with Crippen molar-refractivity contribution in [3.63, 3.8) is 0 Å². The molecule has 0 aliphatic heterocycles. The second kappa shape index (κ2) is 6.77. The van der Waals surface area contributed by atoms with Gasteiger partial charge < -0.3 is 9.72 Å². The van der Waals surface area contributed by atoms with E-state index in [4.69, 9.17) is 27.9 Å². The number of aromatic amines is 1. The Bertz CT molecular complexity index is 910. The van der Waals surface area contributed by atoms with Crippen molar-refractivity contribution >= 4 is 67.8 Å². The highest BCUT2D eigenvalue weighted by Crippen LogP contribution is 2.39. The average Bonchev–Trinajstić information content (AvgIpc) is 2.98. The first-order valence-electron chi connectivity index (χ1n) is 6.52. The first kappa shape index (κ1) is 16.7. The highest BCUT2D eigenvalue weighted by atomic mass is 79.9. The molecule has 1 N–H and O–H groups in total. The molecule has 0 atom stereocenters. The minimum absolute atomic E-state index is 0.396. The van der Waals surface area contributed by atoms with Crippen LogP contribution in [0.15, 0.2) is 50.7 Å². The van der Waals surface area contributed by atoms with Gasteiger partial charge in [-0.2, -0.15) is 0 Å². The van der Waals surface area contributed by atoms with Gasteiger partial charge in [0.1, 0.15) is 5.69 Å². The van der Waals surface area contributed by atoms with Crippen molar-refractivity contribution in [2.75, 3.05) is 7.11 Å². The van der Waals surface area contributed by atoms with Crippen LogP contribution in [-0.2, 0) is 4.74 Å². The molecule has 1 heterocycles. The molecular formula is C16H10BrCl2NO2S. The van der Waals surface area contributed by atoms with Gasteiger partial charge in [0.15, 0.2) is 0 Å². The standard InChI is InChI=1S/C16H10BrCl2NO2S/c1-22-16(21)12-6-8-2-5-13(14(17)15(8)20-12)23-9-3-4-10(18)11(19)7-9/h2-7,20H,1H3. The third kappa shape index (κ3) is 3.38. The van der Waals surface area contributed by atoms with Crippen molar-refractivity contribution < 1.29 is 9.53 Å². The SMILES string of the molecule is COC(=O)c1cc2ccc(Sc3ccc(Cl)c(Cl)c3)c(Br)c2[nH]1. The number of benzene rings is 2. The Kier molecular flexibility index (Phi) is 4.92. The predicted octanol–water partition coefficient (Wildman–Crippen LogP) is 6.18. The average molecular weight is 431 g/mol. The molecule has 3 nitrogen and oxygen atoms in total. The molecule has 3 aromatic rings. The Hall–Kier alpha value is -1.14. The molecule has 0 amide bonds. The molecular weight excluding hydrogens is 421 g/mol. The topological polar surface area (TPSA) is 42.1 Å². The Balaban J connectivity index is 1.99. The Morgan fingerprint density at radius 1 is 1.17 bits per heavy atom. The van der Waals surface area contributed by atoms with Crippen molar-refractivity contribution in [3.8, 4) is 0 Å². The summed E-state index contributed by atoms with van der Waals surface area (Å²) in [7, 11) is 1.36. The number of rotatable bonds is 3. The molecule has 0 bridgehead atoms. The largest absolute Gasteiger partial charge is 0.464 e. The molecule has 1 aromatic heterocycles. The summed E-state index contributed by atoms with van der Waals surface area (Å²) in [5, 5.41) is 1.97. The number of nitrogens with one attached hydrogen (secondary N) is 1. The monoisotopic (exact) mass is 429 g/mol. The zero-order valence-corrected chi connectivity index (χ0v) is 15.7. The number of fused-ring (bicyclic) bond motifs is 1. The van der Waals surface area contributed by atoms with E-state index in [9.17, 15) is 4.79 Å². The highest BCUT2D eigenvalue weighted by molar-refractivity contribution is 9.10. The van der Waals surface area contributed by atoms with Gasteiger partial charge in [0.2, 0.25) is 0 Å². The maximum absolute atomic E-state index is 11.6. The van der Waals surface area contributed by atoms with E-state index >= 15 is 0 Å². The van der Waals surface area contributed by atoms with Crippen molar-refractivity contribution in [1.29, 1.82) is 0 Å². The van der Waals surface area contributed by atoms with Gasteiger partial charge in [-0.05, 0) is 46.3 Å². The number of carbonyl (C=O) groups excluding carboxylic acids is 1. The number of aromatic nitrogens is 1. The lowest BCUT2D eigenvalue weighted by atomic mass is 10.2. The molecule has 0 fully saturated rings. The molecule has 3 rings (SSSR count). The summed E-state index contributed by atoms with van der Waals surface area (Å²) in [4.78, 5) is 16.7. The van der Waals surface area contributed by atoms with E-state index in [2.05, 4.69) is 20.9 Å². The van der Waals surface area contributed by atoms with Crippen LogP contribution in [0.1, 0.15) is 10.5 Å². The number of hydrogen-bond donors (Lipinski definition) is 1. The minimum Gasteiger partial charge on any atom is -0.464 e. The normalized spacial score (nSPS) is 11.0. The molecule has 0 radical (unpaired) electrons. The van der Waals surface area contributed by atoms with Crippen LogP contribution in [0.5, 0.6) is 0 Å². The number of esters is 1. The van der Waals surface area contributed by atoms with Gasteiger partial charge in [0, 0.05) is 15.2 Å². The smallest absolute Gasteiger partial charge is 0.354 e. The summed E-state index contributed by atoms with van der Waals surface area (Å²) in [6, 6.07) is 11.2. The zero-order valence-electron chi connectivity index (χ0n) is 11.8. The summed E-state index contributed by atoms with van der Waals surface area (Å²) in [6.45, 7) is 0. The summed E-state index contributed by atoms with van der Waals surface area (Å²) in [6.07, 6.45) is 0. The Morgan fingerprint density at radius 2 is 1.96 bits per heavy atom. The van der Waals surface area contributed by atoms with Crippen LogP contribution >= 0.6 is 50.9 Å². The lowest BCUT2D eigenvalue weighted by Crippen LogP contribution is -2.00. The van der Waals surface area contributed by atoms with Crippen LogP contribution in [0, 0.1) is 0 Å². The number of carbonyl (C=O) groups is 1. The number of halogens is 3. The van der Waals surface area contributed by atoms with Crippen molar-refractivity contribution in [3.05, 3.63) is 56.6 Å². The molecule has 2 aromatic carbocycles. The fraction of sp³-hybridized carbons (Fsp3) is 0.0625. The quantitative estimate of drug-likeness (QED) is 0.504. The predicted molar refractivity (Wildman–Crippen MR) is 97.9 cm³/mol. The van der Waals surface area contributed by atoms with E-state index in [0.29, 0.717) is 15.7 Å². The zero-order chi connectivity index (χ0) is 16.6. The van der Waals surface area contributed by atoms with Gasteiger partial charge in [-0.3, -0.25) is 0 Å². The maximum atomic E-state index is 11.6. The summed E-state index contributed by atoms with van der Waals surface area (Å²) in [5.41, 5.74) is 1.26. The Morgan fingerprint density at radius 3 is 2.65 bits per heavy atom. The molecule has 118 valence electrons. The molecule has 7 heteroatoms. The fourth-order valence-corrected chi connectivity index (χ4v) is 4.07. The van der Waals surface area contributed by atoms with Crippen molar-refractivity contribution in [2.45, 2.75) is 9.79 Å². The lowest BCUT2D eigenvalue weighted by molar-refractivity contribution is 0.0595. The highest BCUT2D eigenvalue weighted by Gasteiger charge is 2.14. The Labute approximate surface area is 155 Å². The number of hydrogen-bond acceptors (Lipinski definition) is 3. The lowest BCUT2D eigenvalue weighted by Gasteiger charge is -2.06. The molecule has 0 aliphatic carbocycles. The fourth-order valence-electron chi connectivity index (χ4n) is 2.11. The van der Waals surface area contributed by atoms with E-state index in [1.165, 1.54) is 7.11 Å². The summed E-state index contributed by atoms with van der Waals surface area (Å²) in [5.74, 6) is -0.396. The summed E-state index contributed by atoms with van der Waals surface area (Å²) < 4.78 is 5.61. The van der Waals surface area contributed by atoms with Crippen LogP contribution in [-0.4, -0.2) is 18.1 Å². The molecule has 0 unspecified atom stereocenters. The van der Waals surface area contributed by atoms with Gasteiger partial charge in [-0.25, -0.2) is 4.79 Å². The van der Waals surface area contributed by atoms with Gasteiger partial charge in [-0.1, -0.05) is 41.0 Å². The van der Waals surface area contributed by atoms with E-state index in [-0.39, 0.29) is 0 Å². The minimum atomic E-state index is -0.396. The van der Waals surface area contributed by atoms with Gasteiger partial charge in [-0.15, -0.1) is 0 Å². The second-order valence-electron chi connectivity index (χ2n) is 4.69. The number of H-pyrrole nitrogens is 1. The van der Waals surface area contributed by atoms with Crippen molar-refractivity contribution in [2.24, 2.45) is 0 Å². The van der Waals surface area contributed by atoms with Crippen LogP contribution in [0.2, 0.25) is 10.0 Å². The first-order valence-corrected chi connectivity index (χ1v) is 8.88. The van der Waals surface area contributed by atoms with Crippen LogP contribution in [0.25, 0.3) is 10.9 Å². The van der Waals surface area contributed by atoms with E-state index in [1.807, 2.05) is 24.3 Å². The molecule has 0 saturated carbocycles. The van der Waals surface area contributed by atoms with Gasteiger partial charge in [0.05, 0.1) is 27.1 Å². The van der Waals surface area contributed by atoms with Crippen LogP contribution in [0.3, 0.4) is 0 Å². The molecule has 23 heavy (non-hydrogen) atoms. The van der Waals surface area contributed by atoms with E-state index < -0.39 is 5.97 Å².